The van der Waals surface area contributed by atoms with Crippen LogP contribution in [0.4, 0.5) is 0 Å². The molecule has 2 rings (SSSR count). The van der Waals surface area contributed by atoms with Crippen LogP contribution in [0.5, 0.6) is 0 Å². The van der Waals surface area contributed by atoms with Gasteiger partial charge in [-0.05, 0) is 38.0 Å². The molecule has 0 radical (unpaired) electrons. The maximum atomic E-state index is 12.5. The van der Waals surface area contributed by atoms with E-state index < -0.39 is 21.5 Å². The van der Waals surface area contributed by atoms with Crippen LogP contribution in [0.25, 0.3) is 0 Å². The zero-order valence-electron chi connectivity index (χ0n) is 11.5. The Morgan fingerprint density at radius 3 is 2.60 bits per heavy atom. The Kier molecular flexibility index (Phi) is 3.62. The van der Waals surface area contributed by atoms with E-state index in [0.29, 0.717) is 12.0 Å². The topological polar surface area (TPSA) is 101 Å². The summed E-state index contributed by atoms with van der Waals surface area (Å²) in [6, 6.07) is 4.30. The highest BCUT2D eigenvalue weighted by atomic mass is 32.2. The van der Waals surface area contributed by atoms with E-state index in [1.54, 1.807) is 19.9 Å². The Labute approximate surface area is 118 Å². The minimum absolute atomic E-state index is 0.0228. The van der Waals surface area contributed by atoms with E-state index in [4.69, 9.17) is 5.73 Å². The van der Waals surface area contributed by atoms with Crippen LogP contribution in [0, 0.1) is 6.92 Å². The van der Waals surface area contributed by atoms with Gasteiger partial charge in [-0.1, -0.05) is 6.07 Å². The first-order chi connectivity index (χ1) is 9.13. The van der Waals surface area contributed by atoms with Crippen LogP contribution >= 0.6 is 0 Å². The van der Waals surface area contributed by atoms with E-state index in [0.717, 1.165) is 0 Å². The average molecular weight is 298 g/mol. The summed E-state index contributed by atoms with van der Waals surface area (Å²) in [5.74, 6) is -0.659. The van der Waals surface area contributed by atoms with E-state index in [9.17, 15) is 18.3 Å². The molecule has 110 valence electrons. The van der Waals surface area contributed by atoms with E-state index >= 15 is 0 Å². The summed E-state index contributed by atoms with van der Waals surface area (Å²) in [7, 11) is -3.72. The van der Waals surface area contributed by atoms with Crippen molar-refractivity contribution < 1.29 is 18.3 Å². The van der Waals surface area contributed by atoms with Crippen LogP contribution in [0.3, 0.4) is 0 Å². The van der Waals surface area contributed by atoms with Crippen LogP contribution in [0.1, 0.15) is 29.3 Å². The van der Waals surface area contributed by atoms with Gasteiger partial charge in [0.25, 0.3) is 0 Å². The van der Waals surface area contributed by atoms with Gasteiger partial charge >= 0.3 is 0 Å². The molecule has 7 heteroatoms. The van der Waals surface area contributed by atoms with Gasteiger partial charge in [0.05, 0.1) is 10.5 Å². The molecule has 1 saturated heterocycles. The lowest BCUT2D eigenvalue weighted by molar-refractivity contribution is 0.0762. The number of nitrogens with two attached hydrogens (primary N) is 1. The first-order valence-electron chi connectivity index (χ1n) is 6.26. The van der Waals surface area contributed by atoms with Gasteiger partial charge < -0.3 is 10.8 Å². The summed E-state index contributed by atoms with van der Waals surface area (Å²) in [4.78, 5) is 11.3. The fourth-order valence-electron chi connectivity index (χ4n) is 2.28. The molecule has 1 aromatic carbocycles. The molecule has 6 nitrogen and oxygen atoms in total. The molecule has 0 saturated carbocycles. The molecule has 3 N–H and O–H groups in total. The Balaban J connectivity index is 2.41. The van der Waals surface area contributed by atoms with Crippen LogP contribution in [-0.2, 0) is 10.0 Å². The van der Waals surface area contributed by atoms with Crippen molar-refractivity contribution in [2.75, 3.05) is 13.1 Å². The summed E-state index contributed by atoms with van der Waals surface area (Å²) in [6.45, 7) is 3.61. The number of carbonyl (C=O) groups excluding carboxylic acids is 1. The van der Waals surface area contributed by atoms with E-state index in [1.165, 1.54) is 16.4 Å². The van der Waals surface area contributed by atoms with Gasteiger partial charge in [-0.25, -0.2) is 8.42 Å². The normalized spacial score (nSPS) is 23.9. The van der Waals surface area contributed by atoms with E-state index in [2.05, 4.69) is 0 Å². The number of nitrogens with zero attached hydrogens (tertiary/aromatic N) is 1. The highest BCUT2D eigenvalue weighted by Crippen LogP contribution is 2.27. The quantitative estimate of drug-likeness (QED) is 0.834. The molecule has 0 bridgehead atoms. The van der Waals surface area contributed by atoms with Crippen LogP contribution < -0.4 is 5.73 Å². The van der Waals surface area contributed by atoms with Gasteiger partial charge in [0.15, 0.2) is 0 Å². The first-order valence-corrected chi connectivity index (χ1v) is 7.70. The lowest BCUT2D eigenvalue weighted by Gasteiger charge is -2.19. The molecule has 1 aliphatic heterocycles. The lowest BCUT2D eigenvalue weighted by Crippen LogP contribution is -2.34. The highest BCUT2D eigenvalue weighted by Gasteiger charge is 2.38. The second-order valence-electron chi connectivity index (χ2n) is 5.43. The molecule has 1 aliphatic rings. The molecule has 1 fully saturated rings. The number of hydrogen-bond acceptors (Lipinski definition) is 4. The van der Waals surface area contributed by atoms with Gasteiger partial charge in [-0.3, -0.25) is 4.79 Å². The fraction of sp³-hybridized carbons (Fsp3) is 0.462. The van der Waals surface area contributed by atoms with E-state index in [1.807, 2.05) is 0 Å². The number of primary amides is 1. The van der Waals surface area contributed by atoms with Crippen molar-refractivity contribution in [2.45, 2.75) is 30.8 Å². The zero-order chi connectivity index (χ0) is 15.1. The monoisotopic (exact) mass is 298 g/mol. The van der Waals surface area contributed by atoms with Gasteiger partial charge in [0.1, 0.15) is 0 Å². The highest BCUT2D eigenvalue weighted by molar-refractivity contribution is 7.89. The smallest absolute Gasteiger partial charge is 0.249 e. The van der Waals surface area contributed by atoms with Gasteiger partial charge in [-0.2, -0.15) is 4.31 Å². The fourth-order valence-corrected chi connectivity index (χ4v) is 3.87. The predicted molar refractivity (Wildman–Crippen MR) is 73.7 cm³/mol. The number of amides is 1. The molecular formula is C13H18N2O4S. The Morgan fingerprint density at radius 2 is 2.10 bits per heavy atom. The molecule has 1 atom stereocenters. The maximum absolute atomic E-state index is 12.5. The van der Waals surface area contributed by atoms with Crippen molar-refractivity contribution in [2.24, 2.45) is 5.73 Å². The summed E-state index contributed by atoms with van der Waals surface area (Å²) >= 11 is 0. The van der Waals surface area contributed by atoms with Crippen molar-refractivity contribution in [3.63, 3.8) is 0 Å². The molecule has 1 amide bonds. The molecule has 1 aromatic rings. The molecular weight excluding hydrogens is 280 g/mol. The lowest BCUT2D eigenvalue weighted by atomic mass is 10.1. The number of aliphatic hydroxyl groups is 1. The summed E-state index contributed by atoms with van der Waals surface area (Å²) < 4.78 is 26.2. The summed E-state index contributed by atoms with van der Waals surface area (Å²) in [5.41, 5.74) is 5.05. The third kappa shape index (κ3) is 2.70. The summed E-state index contributed by atoms with van der Waals surface area (Å²) in [5, 5.41) is 9.88. The number of sulfonamides is 1. The van der Waals surface area contributed by atoms with Crippen molar-refractivity contribution in [1.29, 1.82) is 0 Å². The Hall–Kier alpha value is -1.44. The molecule has 0 aliphatic carbocycles. The third-order valence-electron chi connectivity index (χ3n) is 3.53. The third-order valence-corrected chi connectivity index (χ3v) is 5.37. The second kappa shape index (κ2) is 4.83. The van der Waals surface area contributed by atoms with Crippen LogP contribution in [0.2, 0.25) is 0 Å². The number of rotatable bonds is 3. The molecule has 1 heterocycles. The number of carbonyl (C=O) groups is 1. The molecule has 0 spiro atoms. The van der Waals surface area contributed by atoms with E-state index in [-0.39, 0.29) is 23.5 Å². The zero-order valence-corrected chi connectivity index (χ0v) is 12.3. The number of aryl methyl sites for hydroxylation is 1. The van der Waals surface area contributed by atoms with Crippen molar-refractivity contribution in [3.05, 3.63) is 29.3 Å². The van der Waals surface area contributed by atoms with Gasteiger partial charge in [0, 0.05) is 18.7 Å². The second-order valence-corrected chi connectivity index (χ2v) is 7.36. The Morgan fingerprint density at radius 1 is 1.45 bits per heavy atom. The Bertz CT molecular complexity index is 652. The number of hydrogen-bond donors (Lipinski definition) is 2. The van der Waals surface area contributed by atoms with Gasteiger partial charge in [0.2, 0.25) is 15.9 Å². The average Bonchev–Trinajstić information content (AvgIpc) is 2.70. The van der Waals surface area contributed by atoms with Crippen LogP contribution in [-0.4, -0.2) is 42.4 Å². The van der Waals surface area contributed by atoms with Gasteiger partial charge in [-0.15, -0.1) is 0 Å². The SMILES string of the molecule is Cc1ccc(S(=O)(=O)N2CCC(C)(O)C2)cc1C(N)=O. The number of β-amino-alcohol motifs (C(OH)–C–C–N with tert-alkyl or cyclic N) is 1. The summed E-state index contributed by atoms with van der Waals surface area (Å²) in [6.07, 6.45) is 0.390. The maximum Gasteiger partial charge on any atom is 0.249 e. The largest absolute Gasteiger partial charge is 0.389 e. The predicted octanol–water partition coefficient (Wildman–Crippen LogP) is 0.239. The molecule has 20 heavy (non-hydrogen) atoms. The minimum Gasteiger partial charge on any atom is -0.389 e. The minimum atomic E-state index is -3.72. The van der Waals surface area contributed by atoms with Crippen molar-refractivity contribution in [3.8, 4) is 0 Å². The number of benzene rings is 1. The molecule has 0 aromatic heterocycles. The van der Waals surface area contributed by atoms with Crippen LogP contribution in [0.15, 0.2) is 23.1 Å². The first kappa shape index (κ1) is 15.0. The standard InChI is InChI=1S/C13H18N2O4S/c1-9-3-4-10(7-11(9)12(14)16)20(18,19)15-6-5-13(2,17)8-15/h3-4,7,17H,5-6,8H2,1-2H3,(H2,14,16). The molecule has 1 unspecified atom stereocenters. The van der Waals surface area contributed by atoms with Crippen molar-refractivity contribution in [1.82, 2.24) is 4.31 Å². The van der Waals surface area contributed by atoms with Crippen molar-refractivity contribution >= 4 is 15.9 Å².